The molecule has 0 aliphatic carbocycles. The summed E-state index contributed by atoms with van der Waals surface area (Å²) in [5.74, 6) is 0. The second-order valence-electron chi connectivity index (χ2n) is 3.95. The predicted molar refractivity (Wildman–Crippen MR) is 56.8 cm³/mol. The molecule has 0 atom stereocenters. The molecule has 74 valence electrons. The van der Waals surface area contributed by atoms with Crippen molar-refractivity contribution in [2.24, 2.45) is 5.73 Å². The van der Waals surface area contributed by atoms with Crippen molar-refractivity contribution in [2.45, 2.75) is 32.9 Å². The van der Waals surface area contributed by atoms with Crippen LogP contribution in [0.3, 0.4) is 0 Å². The first-order valence-electron chi connectivity index (χ1n) is 4.37. The standard InChI is InChI=1S/C9H17N3S/c1-7-8(13-6-12-7)4-11-5-9(2,3)10/h6,11H,4-5,10H2,1-3H3. The van der Waals surface area contributed by atoms with E-state index < -0.39 is 0 Å². The van der Waals surface area contributed by atoms with Crippen LogP contribution in [0.15, 0.2) is 5.51 Å². The summed E-state index contributed by atoms with van der Waals surface area (Å²) in [5, 5.41) is 3.31. The van der Waals surface area contributed by atoms with Crippen LogP contribution >= 0.6 is 11.3 Å². The van der Waals surface area contributed by atoms with Gasteiger partial charge in [-0.05, 0) is 20.8 Å². The lowest BCUT2D eigenvalue weighted by Gasteiger charge is -2.18. The van der Waals surface area contributed by atoms with Crippen molar-refractivity contribution in [1.82, 2.24) is 10.3 Å². The van der Waals surface area contributed by atoms with Crippen molar-refractivity contribution in [3.63, 3.8) is 0 Å². The number of aryl methyl sites for hydroxylation is 1. The molecule has 0 aliphatic heterocycles. The number of hydrogen-bond acceptors (Lipinski definition) is 4. The maximum Gasteiger partial charge on any atom is 0.0798 e. The van der Waals surface area contributed by atoms with Crippen molar-refractivity contribution < 1.29 is 0 Å². The first kappa shape index (κ1) is 10.6. The largest absolute Gasteiger partial charge is 0.324 e. The van der Waals surface area contributed by atoms with E-state index in [1.807, 2.05) is 26.3 Å². The van der Waals surface area contributed by atoms with E-state index in [9.17, 15) is 0 Å². The molecule has 0 aromatic carbocycles. The smallest absolute Gasteiger partial charge is 0.0798 e. The number of nitrogens with zero attached hydrogens (tertiary/aromatic N) is 1. The third kappa shape index (κ3) is 3.85. The van der Waals surface area contributed by atoms with Crippen molar-refractivity contribution in [3.05, 3.63) is 16.1 Å². The van der Waals surface area contributed by atoms with Gasteiger partial charge in [0.25, 0.3) is 0 Å². The molecule has 0 saturated heterocycles. The van der Waals surface area contributed by atoms with Gasteiger partial charge in [0.2, 0.25) is 0 Å². The van der Waals surface area contributed by atoms with E-state index >= 15 is 0 Å². The SMILES string of the molecule is Cc1ncsc1CNCC(C)(C)N. The second-order valence-corrected chi connectivity index (χ2v) is 4.89. The van der Waals surface area contributed by atoms with Gasteiger partial charge in [-0.25, -0.2) is 4.98 Å². The lowest BCUT2D eigenvalue weighted by Crippen LogP contribution is -2.42. The molecule has 1 aromatic rings. The summed E-state index contributed by atoms with van der Waals surface area (Å²) in [6, 6.07) is 0. The van der Waals surface area contributed by atoms with E-state index in [1.165, 1.54) is 4.88 Å². The summed E-state index contributed by atoms with van der Waals surface area (Å²) in [6.07, 6.45) is 0. The minimum absolute atomic E-state index is 0.140. The predicted octanol–water partition coefficient (Wildman–Crippen LogP) is 1.28. The molecule has 4 heteroatoms. The Morgan fingerprint density at radius 3 is 2.77 bits per heavy atom. The van der Waals surface area contributed by atoms with Crippen LogP contribution in [0.1, 0.15) is 24.4 Å². The number of nitrogens with one attached hydrogen (secondary N) is 1. The topological polar surface area (TPSA) is 50.9 Å². The van der Waals surface area contributed by atoms with E-state index in [-0.39, 0.29) is 5.54 Å². The fraction of sp³-hybridized carbons (Fsp3) is 0.667. The fourth-order valence-electron chi connectivity index (χ4n) is 0.994. The molecule has 3 N–H and O–H groups in total. The van der Waals surface area contributed by atoms with Crippen molar-refractivity contribution in [3.8, 4) is 0 Å². The van der Waals surface area contributed by atoms with Crippen LogP contribution in [-0.2, 0) is 6.54 Å². The summed E-state index contributed by atoms with van der Waals surface area (Å²) in [6.45, 7) is 7.75. The summed E-state index contributed by atoms with van der Waals surface area (Å²) in [4.78, 5) is 5.47. The molecule has 1 aromatic heterocycles. The second kappa shape index (κ2) is 4.17. The quantitative estimate of drug-likeness (QED) is 0.768. The Bertz CT molecular complexity index is 262. The van der Waals surface area contributed by atoms with Crippen LogP contribution < -0.4 is 11.1 Å². The monoisotopic (exact) mass is 199 g/mol. The summed E-state index contributed by atoms with van der Waals surface area (Å²) in [5.41, 5.74) is 8.69. The fourth-order valence-corrected chi connectivity index (χ4v) is 1.74. The zero-order valence-electron chi connectivity index (χ0n) is 8.42. The van der Waals surface area contributed by atoms with E-state index in [4.69, 9.17) is 5.73 Å². The third-order valence-corrected chi connectivity index (χ3v) is 2.65. The highest BCUT2D eigenvalue weighted by molar-refractivity contribution is 7.09. The van der Waals surface area contributed by atoms with E-state index in [0.717, 1.165) is 18.8 Å². The van der Waals surface area contributed by atoms with Crippen LogP contribution in [0.4, 0.5) is 0 Å². The first-order valence-corrected chi connectivity index (χ1v) is 5.25. The highest BCUT2D eigenvalue weighted by atomic mass is 32.1. The van der Waals surface area contributed by atoms with Crippen LogP contribution in [0.25, 0.3) is 0 Å². The lowest BCUT2D eigenvalue weighted by molar-refractivity contribution is 0.467. The maximum atomic E-state index is 5.84. The molecule has 0 radical (unpaired) electrons. The van der Waals surface area contributed by atoms with Gasteiger partial charge in [-0.15, -0.1) is 11.3 Å². The van der Waals surface area contributed by atoms with Crippen molar-refractivity contribution >= 4 is 11.3 Å². The summed E-state index contributed by atoms with van der Waals surface area (Å²) < 4.78 is 0. The highest BCUT2D eigenvalue weighted by Crippen LogP contribution is 2.11. The molecule has 0 saturated carbocycles. The normalized spacial score (nSPS) is 12.0. The van der Waals surface area contributed by atoms with E-state index in [2.05, 4.69) is 10.3 Å². The van der Waals surface area contributed by atoms with E-state index in [1.54, 1.807) is 11.3 Å². The molecule has 0 unspecified atom stereocenters. The Morgan fingerprint density at radius 2 is 2.31 bits per heavy atom. The molecule has 13 heavy (non-hydrogen) atoms. The molecule has 1 rings (SSSR count). The molecule has 0 bridgehead atoms. The molecule has 1 heterocycles. The Kier molecular flexibility index (Phi) is 3.41. The highest BCUT2D eigenvalue weighted by Gasteiger charge is 2.09. The van der Waals surface area contributed by atoms with Gasteiger partial charge in [0.05, 0.1) is 11.2 Å². The summed E-state index contributed by atoms with van der Waals surface area (Å²) >= 11 is 1.69. The number of nitrogens with two attached hydrogens (primary N) is 1. The molecular formula is C9H17N3S. The van der Waals surface area contributed by atoms with Gasteiger partial charge in [-0.2, -0.15) is 0 Å². The minimum atomic E-state index is -0.140. The molecule has 0 aliphatic rings. The van der Waals surface area contributed by atoms with Gasteiger partial charge < -0.3 is 11.1 Å². The van der Waals surface area contributed by atoms with Crippen LogP contribution in [0, 0.1) is 6.92 Å². The average Bonchev–Trinajstić information content (AvgIpc) is 2.34. The van der Waals surface area contributed by atoms with Crippen LogP contribution in [-0.4, -0.2) is 17.1 Å². The zero-order chi connectivity index (χ0) is 9.90. The maximum absolute atomic E-state index is 5.84. The zero-order valence-corrected chi connectivity index (χ0v) is 9.24. The van der Waals surface area contributed by atoms with Gasteiger partial charge in [0, 0.05) is 23.5 Å². The Balaban J connectivity index is 2.32. The number of aromatic nitrogens is 1. The van der Waals surface area contributed by atoms with Gasteiger partial charge in [0.15, 0.2) is 0 Å². The Morgan fingerprint density at radius 1 is 1.62 bits per heavy atom. The third-order valence-electron chi connectivity index (χ3n) is 1.71. The average molecular weight is 199 g/mol. The van der Waals surface area contributed by atoms with Crippen molar-refractivity contribution in [2.75, 3.05) is 6.54 Å². The van der Waals surface area contributed by atoms with Gasteiger partial charge >= 0.3 is 0 Å². The van der Waals surface area contributed by atoms with Crippen molar-refractivity contribution in [1.29, 1.82) is 0 Å². The van der Waals surface area contributed by atoms with Crippen LogP contribution in [0.5, 0.6) is 0 Å². The Labute approximate surface area is 83.4 Å². The van der Waals surface area contributed by atoms with Crippen LogP contribution in [0.2, 0.25) is 0 Å². The number of thiazole rings is 1. The molecule has 0 spiro atoms. The van der Waals surface area contributed by atoms with Gasteiger partial charge in [-0.3, -0.25) is 0 Å². The molecule has 0 amide bonds. The summed E-state index contributed by atoms with van der Waals surface area (Å²) in [7, 11) is 0. The molecular weight excluding hydrogens is 182 g/mol. The molecule has 0 fully saturated rings. The number of rotatable bonds is 4. The molecule has 3 nitrogen and oxygen atoms in total. The van der Waals surface area contributed by atoms with Gasteiger partial charge in [-0.1, -0.05) is 0 Å². The Hall–Kier alpha value is -0.450. The number of hydrogen-bond donors (Lipinski definition) is 2. The van der Waals surface area contributed by atoms with Gasteiger partial charge in [0.1, 0.15) is 0 Å². The van der Waals surface area contributed by atoms with E-state index in [0.29, 0.717) is 0 Å². The first-order chi connectivity index (χ1) is 5.99. The lowest BCUT2D eigenvalue weighted by atomic mass is 10.1. The minimum Gasteiger partial charge on any atom is -0.324 e.